The molecule has 1 aromatic heterocycles. The summed E-state index contributed by atoms with van der Waals surface area (Å²) < 4.78 is 0. The Morgan fingerprint density at radius 1 is 1.30 bits per heavy atom. The number of rotatable bonds is 4. The summed E-state index contributed by atoms with van der Waals surface area (Å²) in [7, 11) is 0. The number of aromatic nitrogens is 1. The van der Waals surface area contributed by atoms with E-state index in [1.165, 1.54) is 0 Å². The lowest BCUT2D eigenvalue weighted by atomic mass is 10.00. The molecule has 0 aliphatic heterocycles. The fourth-order valence-corrected chi connectivity index (χ4v) is 2.32. The van der Waals surface area contributed by atoms with Crippen LogP contribution in [0.15, 0.2) is 35.3 Å². The van der Waals surface area contributed by atoms with Gasteiger partial charge in [0.15, 0.2) is 0 Å². The Morgan fingerprint density at radius 2 is 2.00 bits per heavy atom. The smallest absolute Gasteiger partial charge is 0.286 e. The fourth-order valence-electron chi connectivity index (χ4n) is 2.32. The number of carbonyl (C=O) groups is 1. The van der Waals surface area contributed by atoms with E-state index in [0.717, 1.165) is 29.0 Å². The second kappa shape index (κ2) is 6.43. The summed E-state index contributed by atoms with van der Waals surface area (Å²) in [5.41, 5.74) is 1.71. The third kappa shape index (κ3) is 3.63. The molecule has 2 N–H and O–H groups in total. The molecule has 0 saturated heterocycles. The van der Waals surface area contributed by atoms with E-state index in [4.69, 9.17) is 0 Å². The molecular formula is C16H17N3O4. The molecule has 1 heterocycles. The Kier molecular flexibility index (Phi) is 4.59. The third-order valence-corrected chi connectivity index (χ3v) is 3.59. The number of aromatic amines is 1. The first-order valence-electron chi connectivity index (χ1n) is 7.04. The topological polar surface area (TPSA) is 105 Å². The zero-order chi connectivity index (χ0) is 17.1. The van der Waals surface area contributed by atoms with Crippen LogP contribution in [-0.4, -0.2) is 15.8 Å². The molecule has 0 spiro atoms. The molecule has 0 aliphatic rings. The number of aryl methyl sites for hydroxylation is 2. The fraction of sp³-hybridized carbons (Fsp3) is 0.250. The highest BCUT2D eigenvalue weighted by Crippen LogP contribution is 2.19. The molecular weight excluding hydrogens is 298 g/mol. The van der Waals surface area contributed by atoms with Crippen molar-refractivity contribution in [2.24, 2.45) is 0 Å². The number of nitrogens with zero attached hydrogens (tertiary/aromatic N) is 1. The zero-order valence-corrected chi connectivity index (χ0v) is 13.0. The molecule has 2 rings (SSSR count). The van der Waals surface area contributed by atoms with Crippen LogP contribution in [0.1, 0.15) is 40.0 Å². The second-order valence-electron chi connectivity index (χ2n) is 5.41. The lowest BCUT2D eigenvalue weighted by Crippen LogP contribution is -2.32. The van der Waals surface area contributed by atoms with E-state index in [-0.39, 0.29) is 17.3 Å². The third-order valence-electron chi connectivity index (χ3n) is 3.59. The van der Waals surface area contributed by atoms with Crippen molar-refractivity contribution in [3.63, 3.8) is 0 Å². The van der Waals surface area contributed by atoms with Crippen molar-refractivity contribution in [3.8, 4) is 0 Å². The van der Waals surface area contributed by atoms with Crippen LogP contribution in [0.2, 0.25) is 0 Å². The highest BCUT2D eigenvalue weighted by molar-refractivity contribution is 5.94. The number of hydrogen-bond acceptors (Lipinski definition) is 4. The maximum atomic E-state index is 12.3. The van der Waals surface area contributed by atoms with Crippen LogP contribution in [0.3, 0.4) is 0 Å². The summed E-state index contributed by atoms with van der Waals surface area (Å²) in [6.45, 7) is 5.67. The quantitative estimate of drug-likeness (QED) is 0.667. The maximum Gasteiger partial charge on any atom is 0.286 e. The monoisotopic (exact) mass is 315 g/mol. The summed E-state index contributed by atoms with van der Waals surface area (Å²) in [4.78, 5) is 36.3. The lowest BCUT2D eigenvalue weighted by Gasteiger charge is -2.17. The van der Waals surface area contributed by atoms with E-state index in [2.05, 4.69) is 10.3 Å². The first kappa shape index (κ1) is 16.4. The van der Waals surface area contributed by atoms with Gasteiger partial charge in [0.05, 0.1) is 17.2 Å². The lowest BCUT2D eigenvalue weighted by molar-refractivity contribution is -0.385. The van der Waals surface area contributed by atoms with Crippen molar-refractivity contribution >= 4 is 11.6 Å². The van der Waals surface area contributed by atoms with Crippen LogP contribution < -0.4 is 10.9 Å². The van der Waals surface area contributed by atoms with Crippen LogP contribution in [0, 0.1) is 24.0 Å². The summed E-state index contributed by atoms with van der Waals surface area (Å²) >= 11 is 0. The van der Waals surface area contributed by atoms with Crippen molar-refractivity contribution < 1.29 is 9.72 Å². The van der Waals surface area contributed by atoms with Gasteiger partial charge >= 0.3 is 0 Å². The van der Waals surface area contributed by atoms with Gasteiger partial charge in [0.1, 0.15) is 5.56 Å². The highest BCUT2D eigenvalue weighted by atomic mass is 16.6. The van der Waals surface area contributed by atoms with E-state index in [1.807, 2.05) is 32.0 Å². The van der Waals surface area contributed by atoms with Gasteiger partial charge in [-0.2, -0.15) is 0 Å². The number of H-pyrrole nitrogens is 1. The average molecular weight is 315 g/mol. The van der Waals surface area contributed by atoms with Crippen LogP contribution >= 0.6 is 0 Å². The Balaban J connectivity index is 2.28. The Hall–Kier alpha value is -2.96. The van der Waals surface area contributed by atoms with Crippen molar-refractivity contribution in [1.29, 1.82) is 0 Å². The normalized spacial score (nSPS) is 11.8. The van der Waals surface area contributed by atoms with Gasteiger partial charge in [-0.15, -0.1) is 0 Å². The van der Waals surface area contributed by atoms with E-state index >= 15 is 0 Å². The van der Waals surface area contributed by atoms with Crippen LogP contribution in [0.4, 0.5) is 5.69 Å². The Labute approximate surface area is 132 Å². The average Bonchev–Trinajstić information content (AvgIpc) is 2.49. The second-order valence-corrected chi connectivity index (χ2v) is 5.41. The minimum absolute atomic E-state index is 0.281. The number of hydrogen-bond donors (Lipinski definition) is 2. The standard InChI is InChI=1S/C16H17N3O4/c1-9-4-5-10(2)13(6-9)11(3)18-16(21)14-7-12(19(22)23)8-17-15(14)20/h4-8,11H,1-3H3,(H,17,20)(H,18,21)/t11-/m1/s1. The minimum Gasteiger partial charge on any atom is -0.345 e. The summed E-state index contributed by atoms with van der Waals surface area (Å²) in [5, 5.41) is 13.5. The van der Waals surface area contributed by atoms with Gasteiger partial charge in [-0.25, -0.2) is 0 Å². The number of nitro groups is 1. The molecule has 7 nitrogen and oxygen atoms in total. The molecule has 0 aliphatic carbocycles. The van der Waals surface area contributed by atoms with E-state index in [9.17, 15) is 19.7 Å². The van der Waals surface area contributed by atoms with Crippen LogP contribution in [-0.2, 0) is 0 Å². The molecule has 1 atom stereocenters. The number of pyridine rings is 1. The zero-order valence-electron chi connectivity index (χ0n) is 13.0. The number of benzene rings is 1. The predicted octanol–water partition coefficient (Wildman–Crippen LogP) is 2.39. The SMILES string of the molecule is Cc1ccc(C)c([C@@H](C)NC(=O)c2cc([N+](=O)[O-])c[nH]c2=O)c1. The first-order chi connectivity index (χ1) is 10.8. The molecule has 1 amide bonds. The van der Waals surface area contributed by atoms with Gasteiger partial charge in [-0.3, -0.25) is 19.7 Å². The van der Waals surface area contributed by atoms with Crippen molar-refractivity contribution in [3.05, 3.63) is 73.2 Å². The van der Waals surface area contributed by atoms with Gasteiger partial charge in [-0.05, 0) is 31.9 Å². The molecule has 0 unspecified atom stereocenters. The van der Waals surface area contributed by atoms with E-state index in [1.54, 1.807) is 6.92 Å². The van der Waals surface area contributed by atoms with Crippen LogP contribution in [0.5, 0.6) is 0 Å². The summed E-state index contributed by atoms with van der Waals surface area (Å²) in [5.74, 6) is -0.650. The van der Waals surface area contributed by atoms with Gasteiger partial charge in [0, 0.05) is 6.07 Å². The van der Waals surface area contributed by atoms with Crippen molar-refractivity contribution in [2.75, 3.05) is 0 Å². The van der Waals surface area contributed by atoms with E-state index < -0.39 is 16.4 Å². The number of amides is 1. The van der Waals surface area contributed by atoms with E-state index in [0.29, 0.717) is 0 Å². The molecule has 1 aromatic carbocycles. The van der Waals surface area contributed by atoms with Gasteiger partial charge in [-0.1, -0.05) is 23.8 Å². The molecule has 120 valence electrons. The summed E-state index contributed by atoms with van der Waals surface area (Å²) in [6.07, 6.45) is 0.966. The molecule has 2 aromatic rings. The van der Waals surface area contributed by atoms with Crippen LogP contribution in [0.25, 0.3) is 0 Å². The molecule has 7 heteroatoms. The van der Waals surface area contributed by atoms with Gasteiger partial charge in [0.2, 0.25) is 0 Å². The number of nitrogens with one attached hydrogen (secondary N) is 2. The molecule has 0 saturated carbocycles. The largest absolute Gasteiger partial charge is 0.345 e. The molecule has 0 fully saturated rings. The van der Waals surface area contributed by atoms with Crippen molar-refractivity contribution in [1.82, 2.24) is 10.3 Å². The maximum absolute atomic E-state index is 12.3. The number of carbonyl (C=O) groups excluding carboxylic acids is 1. The van der Waals surface area contributed by atoms with Crippen molar-refractivity contribution in [2.45, 2.75) is 26.8 Å². The summed E-state index contributed by atoms with van der Waals surface area (Å²) in [6, 6.07) is 6.52. The predicted molar refractivity (Wildman–Crippen MR) is 85.5 cm³/mol. The minimum atomic E-state index is -0.666. The molecule has 0 bridgehead atoms. The molecule has 23 heavy (non-hydrogen) atoms. The first-order valence-corrected chi connectivity index (χ1v) is 7.04. The Bertz CT molecular complexity index is 826. The molecule has 0 radical (unpaired) electrons. The van der Waals surface area contributed by atoms with Gasteiger partial charge in [0.25, 0.3) is 17.2 Å². The van der Waals surface area contributed by atoms with Gasteiger partial charge < -0.3 is 10.3 Å². The Morgan fingerprint density at radius 3 is 2.65 bits per heavy atom. The highest BCUT2D eigenvalue weighted by Gasteiger charge is 2.19.